The van der Waals surface area contributed by atoms with Gasteiger partial charge in [0.05, 0.1) is 0 Å². The van der Waals surface area contributed by atoms with Gasteiger partial charge in [0.2, 0.25) is 0 Å². The third-order valence-corrected chi connectivity index (χ3v) is 2.72. The Labute approximate surface area is 89.9 Å². The molecule has 0 saturated carbocycles. The van der Waals surface area contributed by atoms with Gasteiger partial charge in [0, 0.05) is 8.39 Å². The normalized spacial score (nSPS) is 6.91. The standard InChI is InChI=1S/2C3H6S2.CH4/c2*1-3(4)5-2;/h2*1-2H3;1H4. The summed E-state index contributed by atoms with van der Waals surface area (Å²) in [6, 6.07) is 0. The minimum Gasteiger partial charge on any atom is -0.123 e. The summed E-state index contributed by atoms with van der Waals surface area (Å²) in [5.74, 6) is 0. The second kappa shape index (κ2) is 13.5. The Balaban J connectivity index is -0.000000107. The maximum atomic E-state index is 4.66. The van der Waals surface area contributed by atoms with E-state index in [9.17, 15) is 0 Å². The fourth-order valence-electron chi connectivity index (χ4n) is 0. The molecule has 0 spiro atoms. The molecule has 0 rings (SSSR count). The summed E-state index contributed by atoms with van der Waals surface area (Å²) in [4.78, 5) is 0. The van der Waals surface area contributed by atoms with Crippen molar-refractivity contribution < 1.29 is 0 Å². The van der Waals surface area contributed by atoms with Crippen molar-refractivity contribution in [3.8, 4) is 0 Å². The summed E-state index contributed by atoms with van der Waals surface area (Å²) in [7, 11) is 0. The summed E-state index contributed by atoms with van der Waals surface area (Å²) < 4.78 is 2.01. The van der Waals surface area contributed by atoms with E-state index in [0.717, 1.165) is 8.39 Å². The third kappa shape index (κ3) is 36.0. The molecule has 0 N–H and O–H groups in total. The molecule has 68 valence electrons. The van der Waals surface area contributed by atoms with E-state index in [1.54, 1.807) is 23.5 Å². The van der Waals surface area contributed by atoms with Crippen molar-refractivity contribution in [1.82, 2.24) is 0 Å². The highest BCUT2D eigenvalue weighted by molar-refractivity contribution is 8.22. The molecule has 0 aliphatic carbocycles. The minimum atomic E-state index is 0. The monoisotopic (exact) mass is 228 g/mol. The molecule has 0 atom stereocenters. The molecule has 0 bridgehead atoms. The van der Waals surface area contributed by atoms with Crippen LogP contribution in [0, 0.1) is 0 Å². The highest BCUT2D eigenvalue weighted by Gasteiger charge is 1.71. The van der Waals surface area contributed by atoms with Gasteiger partial charge in [0.15, 0.2) is 0 Å². The summed E-state index contributed by atoms with van der Waals surface area (Å²) in [6.07, 6.45) is 3.95. The molecule has 11 heavy (non-hydrogen) atoms. The van der Waals surface area contributed by atoms with Gasteiger partial charge >= 0.3 is 0 Å². The first kappa shape index (κ1) is 17.8. The first-order valence-corrected chi connectivity index (χ1v) is 5.90. The Morgan fingerprint density at radius 3 is 1.00 bits per heavy atom. The Hall–Kier alpha value is 0.880. The molecule has 4 heteroatoms. The first-order valence-electron chi connectivity index (χ1n) is 2.63. The smallest absolute Gasteiger partial charge is 0.0444 e. The van der Waals surface area contributed by atoms with E-state index < -0.39 is 0 Å². The van der Waals surface area contributed by atoms with Crippen molar-refractivity contribution in [2.24, 2.45) is 0 Å². The first-order chi connectivity index (χ1) is 4.54. The van der Waals surface area contributed by atoms with Crippen LogP contribution in [0.25, 0.3) is 0 Å². The molecule has 0 aromatic carbocycles. The number of hydrogen-bond donors (Lipinski definition) is 0. The maximum absolute atomic E-state index is 4.66. The van der Waals surface area contributed by atoms with Crippen LogP contribution in [-0.4, -0.2) is 20.9 Å². The van der Waals surface area contributed by atoms with Crippen molar-refractivity contribution >= 4 is 56.4 Å². The predicted octanol–water partition coefficient (Wildman–Crippen LogP) is 4.03. The van der Waals surface area contributed by atoms with E-state index in [0.29, 0.717) is 0 Å². The van der Waals surface area contributed by atoms with Crippen LogP contribution in [0.5, 0.6) is 0 Å². The van der Waals surface area contributed by atoms with E-state index in [1.165, 1.54) is 0 Å². The molecular weight excluding hydrogens is 212 g/mol. The lowest BCUT2D eigenvalue weighted by Gasteiger charge is -1.76. The van der Waals surface area contributed by atoms with Crippen LogP contribution in [0.1, 0.15) is 21.3 Å². The number of hydrogen-bond acceptors (Lipinski definition) is 4. The van der Waals surface area contributed by atoms with Gasteiger partial charge in [-0.2, -0.15) is 0 Å². The van der Waals surface area contributed by atoms with Gasteiger partial charge in [0.25, 0.3) is 0 Å². The number of thioether (sulfide) groups is 2. The van der Waals surface area contributed by atoms with Crippen LogP contribution in [0.4, 0.5) is 0 Å². The van der Waals surface area contributed by atoms with Crippen molar-refractivity contribution in [3.05, 3.63) is 0 Å². The van der Waals surface area contributed by atoms with E-state index in [2.05, 4.69) is 24.4 Å². The Morgan fingerprint density at radius 1 is 0.909 bits per heavy atom. The van der Waals surface area contributed by atoms with Gasteiger partial charge in [-0.1, -0.05) is 31.9 Å². The molecule has 0 nitrogen and oxygen atoms in total. The molecule has 0 aromatic rings. The number of thiocarbonyl (C=S) groups is 2. The average Bonchev–Trinajstić information content (AvgIpc) is 1.89. The molecule has 0 saturated heterocycles. The van der Waals surface area contributed by atoms with Crippen LogP contribution < -0.4 is 0 Å². The van der Waals surface area contributed by atoms with Crippen molar-refractivity contribution in [1.29, 1.82) is 0 Å². The Morgan fingerprint density at radius 2 is 1.00 bits per heavy atom. The minimum absolute atomic E-state index is 0. The second-order valence-electron chi connectivity index (χ2n) is 1.39. The van der Waals surface area contributed by atoms with E-state index in [4.69, 9.17) is 0 Å². The van der Waals surface area contributed by atoms with Gasteiger partial charge in [-0.15, -0.1) is 23.5 Å². The topological polar surface area (TPSA) is 0 Å². The Kier molecular flexibility index (Phi) is 21.8. The summed E-state index contributed by atoms with van der Waals surface area (Å²) in [5, 5.41) is 0. The molecule has 0 aromatic heterocycles. The Bertz CT molecular complexity index is 95.0. The van der Waals surface area contributed by atoms with E-state index >= 15 is 0 Å². The van der Waals surface area contributed by atoms with Gasteiger partial charge in [0.1, 0.15) is 0 Å². The largest absolute Gasteiger partial charge is 0.123 e. The van der Waals surface area contributed by atoms with Crippen molar-refractivity contribution in [2.45, 2.75) is 21.3 Å². The molecule has 0 unspecified atom stereocenters. The summed E-state index contributed by atoms with van der Waals surface area (Å²) in [5.41, 5.74) is 0. The molecule has 0 fully saturated rings. The SMILES string of the molecule is C.CSC(C)=S.CSC(C)=S. The molecule has 0 aliphatic heterocycles. The van der Waals surface area contributed by atoms with Crippen LogP contribution >= 0.6 is 48.0 Å². The lowest BCUT2D eigenvalue weighted by Crippen LogP contribution is -1.66. The third-order valence-electron chi connectivity index (χ3n) is 0.575. The van der Waals surface area contributed by atoms with Gasteiger partial charge < -0.3 is 0 Å². The second-order valence-corrected chi connectivity index (χ2v) is 5.17. The maximum Gasteiger partial charge on any atom is 0.0444 e. The molecular formula is C7H16S4. The molecule has 0 heterocycles. The average molecular weight is 228 g/mol. The van der Waals surface area contributed by atoms with Crippen LogP contribution in [0.3, 0.4) is 0 Å². The lowest BCUT2D eigenvalue weighted by atomic mass is 11.0. The van der Waals surface area contributed by atoms with Gasteiger partial charge in [-0.05, 0) is 26.4 Å². The summed E-state index contributed by atoms with van der Waals surface area (Å²) >= 11 is 12.5. The summed E-state index contributed by atoms with van der Waals surface area (Å²) in [6.45, 7) is 3.83. The van der Waals surface area contributed by atoms with E-state index in [-0.39, 0.29) is 7.43 Å². The van der Waals surface area contributed by atoms with Crippen molar-refractivity contribution in [3.63, 3.8) is 0 Å². The zero-order valence-electron chi connectivity index (χ0n) is 6.63. The van der Waals surface area contributed by atoms with Crippen LogP contribution in [-0.2, 0) is 0 Å². The van der Waals surface area contributed by atoms with Crippen LogP contribution in [0.15, 0.2) is 0 Å². The van der Waals surface area contributed by atoms with Crippen LogP contribution in [0.2, 0.25) is 0 Å². The highest BCUT2D eigenvalue weighted by atomic mass is 32.2. The zero-order chi connectivity index (χ0) is 8.57. The lowest BCUT2D eigenvalue weighted by molar-refractivity contribution is 2.11. The van der Waals surface area contributed by atoms with Crippen molar-refractivity contribution in [2.75, 3.05) is 12.5 Å². The van der Waals surface area contributed by atoms with E-state index in [1.807, 2.05) is 26.4 Å². The fraction of sp³-hybridized carbons (Fsp3) is 0.714. The number of rotatable bonds is 0. The highest BCUT2D eigenvalue weighted by Crippen LogP contribution is 1.93. The van der Waals surface area contributed by atoms with Gasteiger partial charge in [-0.3, -0.25) is 0 Å². The van der Waals surface area contributed by atoms with Gasteiger partial charge in [-0.25, -0.2) is 0 Å². The zero-order valence-corrected chi connectivity index (χ0v) is 9.90. The molecule has 0 amide bonds. The quantitative estimate of drug-likeness (QED) is 0.574. The molecule has 0 radical (unpaired) electrons. The predicted molar refractivity (Wildman–Crippen MR) is 70.3 cm³/mol. The fourth-order valence-corrected chi connectivity index (χ4v) is 0. The molecule has 0 aliphatic rings.